The molecule has 0 aliphatic carbocycles. The van der Waals surface area contributed by atoms with Crippen molar-refractivity contribution in [1.29, 1.82) is 0 Å². The summed E-state index contributed by atoms with van der Waals surface area (Å²) in [5.41, 5.74) is 1.80. The Balaban J connectivity index is 1.71. The summed E-state index contributed by atoms with van der Waals surface area (Å²) in [7, 11) is 1.58. The van der Waals surface area contributed by atoms with Crippen LogP contribution in [0.1, 0.15) is 26.7 Å². The Bertz CT molecular complexity index is 911. The van der Waals surface area contributed by atoms with Gasteiger partial charge in [-0.3, -0.25) is 9.59 Å². The van der Waals surface area contributed by atoms with Gasteiger partial charge in [0.25, 0.3) is 5.91 Å². The van der Waals surface area contributed by atoms with E-state index in [4.69, 9.17) is 21.1 Å². The number of hydrogen-bond donors (Lipinski definition) is 2. The number of amides is 2. The number of nitrogens with one attached hydrogen (secondary N) is 2. The van der Waals surface area contributed by atoms with Gasteiger partial charge < -0.3 is 25.0 Å². The van der Waals surface area contributed by atoms with Crippen molar-refractivity contribution in [2.45, 2.75) is 12.0 Å². The fourth-order valence-corrected chi connectivity index (χ4v) is 5.14. The number of morpholine rings is 1. The van der Waals surface area contributed by atoms with Gasteiger partial charge in [-0.1, -0.05) is 23.7 Å². The average molecular weight is 450 g/mol. The number of methoxy groups -OCH3 is 1. The highest BCUT2D eigenvalue weighted by Gasteiger charge is 2.40. The summed E-state index contributed by atoms with van der Waals surface area (Å²) in [4.78, 5) is 28.7. The molecular formula is C21H24ClN3O4S. The van der Waals surface area contributed by atoms with Crippen LogP contribution in [0.25, 0.3) is 0 Å². The predicted octanol–water partition coefficient (Wildman–Crippen LogP) is 2.24. The minimum atomic E-state index is -0.713. The van der Waals surface area contributed by atoms with Crippen molar-refractivity contribution in [2.24, 2.45) is 0 Å². The van der Waals surface area contributed by atoms with E-state index in [2.05, 4.69) is 21.6 Å². The van der Waals surface area contributed by atoms with Crippen molar-refractivity contribution >= 4 is 39.8 Å². The molecule has 3 heterocycles. The fourth-order valence-electron chi connectivity index (χ4n) is 3.85. The van der Waals surface area contributed by atoms with Crippen LogP contribution in [0, 0.1) is 0 Å². The number of benzene rings is 1. The van der Waals surface area contributed by atoms with E-state index >= 15 is 0 Å². The number of carbonyl (C=O) groups excluding carboxylic acids is 2. The quantitative estimate of drug-likeness (QED) is 0.661. The second kappa shape index (κ2) is 9.34. The van der Waals surface area contributed by atoms with Crippen LogP contribution in [0.4, 0.5) is 5.00 Å². The smallest absolute Gasteiger partial charge is 0.262 e. The number of halogens is 1. The summed E-state index contributed by atoms with van der Waals surface area (Å²) in [6.45, 7) is 3.69. The van der Waals surface area contributed by atoms with Gasteiger partial charge in [0.15, 0.2) is 0 Å². The maximum Gasteiger partial charge on any atom is 0.262 e. The van der Waals surface area contributed by atoms with Gasteiger partial charge in [0.1, 0.15) is 6.04 Å². The third kappa shape index (κ3) is 4.32. The molecule has 7 nitrogen and oxygen atoms in total. The Morgan fingerprint density at radius 3 is 2.77 bits per heavy atom. The van der Waals surface area contributed by atoms with Crippen molar-refractivity contribution in [2.75, 3.05) is 51.5 Å². The summed E-state index contributed by atoms with van der Waals surface area (Å²) in [6.07, 6.45) is 0. The number of rotatable bonds is 6. The van der Waals surface area contributed by atoms with E-state index in [1.165, 1.54) is 11.3 Å². The standard InChI is InChI=1S/C21H24ClN3O4S/c1-28-9-6-23-20(26)18-17(13-2-4-14(22)5-3-13)15-12-16(25-7-10-29-11-8-25)30-19(15)21(27)24-18/h2-5,12,17-18H,6-11H2,1H3,(H,23,26)(H,24,27). The van der Waals surface area contributed by atoms with Crippen LogP contribution in [0.15, 0.2) is 30.3 Å². The van der Waals surface area contributed by atoms with E-state index in [9.17, 15) is 9.59 Å². The maximum atomic E-state index is 13.0. The number of nitrogens with zero attached hydrogens (tertiary/aromatic N) is 1. The normalized spacial score (nSPS) is 21.1. The predicted molar refractivity (Wildman–Crippen MR) is 117 cm³/mol. The summed E-state index contributed by atoms with van der Waals surface area (Å²) < 4.78 is 10.5. The molecule has 2 atom stereocenters. The van der Waals surface area contributed by atoms with Crippen molar-refractivity contribution < 1.29 is 19.1 Å². The van der Waals surface area contributed by atoms with E-state index in [-0.39, 0.29) is 17.7 Å². The molecule has 2 aliphatic rings. The summed E-state index contributed by atoms with van der Waals surface area (Å²) in [6, 6.07) is 8.78. The molecule has 0 bridgehead atoms. The molecule has 160 valence electrons. The summed E-state index contributed by atoms with van der Waals surface area (Å²) in [5.74, 6) is -0.750. The first-order chi connectivity index (χ1) is 14.6. The van der Waals surface area contributed by atoms with Crippen LogP contribution in [-0.4, -0.2) is 64.4 Å². The second-order valence-corrected chi connectivity index (χ2v) is 8.70. The molecule has 0 spiro atoms. The molecule has 0 saturated carbocycles. The van der Waals surface area contributed by atoms with Gasteiger partial charge in [0.2, 0.25) is 5.91 Å². The third-order valence-corrected chi connectivity index (χ3v) is 6.81. The van der Waals surface area contributed by atoms with E-state index in [0.29, 0.717) is 36.3 Å². The van der Waals surface area contributed by atoms with Crippen LogP contribution < -0.4 is 15.5 Å². The second-order valence-electron chi connectivity index (χ2n) is 7.23. The van der Waals surface area contributed by atoms with Crippen LogP contribution in [0.5, 0.6) is 0 Å². The lowest BCUT2D eigenvalue weighted by Crippen LogP contribution is -2.53. The molecule has 4 rings (SSSR count). The average Bonchev–Trinajstić information content (AvgIpc) is 3.21. The zero-order chi connectivity index (χ0) is 21.1. The number of ether oxygens (including phenoxy) is 2. The lowest BCUT2D eigenvalue weighted by atomic mass is 9.82. The minimum Gasteiger partial charge on any atom is -0.383 e. The van der Waals surface area contributed by atoms with Gasteiger partial charge in [-0.2, -0.15) is 0 Å². The molecule has 9 heteroatoms. The molecule has 2 unspecified atom stereocenters. The highest BCUT2D eigenvalue weighted by molar-refractivity contribution is 7.18. The molecule has 30 heavy (non-hydrogen) atoms. The molecule has 2 aromatic rings. The van der Waals surface area contributed by atoms with Gasteiger partial charge in [-0.15, -0.1) is 11.3 Å². The molecule has 1 aromatic heterocycles. The van der Waals surface area contributed by atoms with Gasteiger partial charge >= 0.3 is 0 Å². The van der Waals surface area contributed by atoms with Crippen molar-refractivity contribution in [3.63, 3.8) is 0 Å². The molecule has 1 fully saturated rings. The molecule has 0 radical (unpaired) electrons. The molecule has 2 amide bonds. The number of hydrogen-bond acceptors (Lipinski definition) is 6. The molecule has 2 N–H and O–H groups in total. The number of carbonyl (C=O) groups is 2. The van der Waals surface area contributed by atoms with E-state index in [1.807, 2.05) is 24.3 Å². The SMILES string of the molecule is COCCNC(=O)C1NC(=O)c2sc(N3CCOCC3)cc2C1c1ccc(Cl)cc1. The molecule has 1 aromatic carbocycles. The Morgan fingerprint density at radius 2 is 2.07 bits per heavy atom. The highest BCUT2D eigenvalue weighted by atomic mass is 35.5. The zero-order valence-electron chi connectivity index (χ0n) is 16.7. The van der Waals surface area contributed by atoms with E-state index in [1.54, 1.807) is 7.11 Å². The third-order valence-electron chi connectivity index (χ3n) is 5.35. The first-order valence-electron chi connectivity index (χ1n) is 9.88. The van der Waals surface area contributed by atoms with E-state index in [0.717, 1.165) is 29.2 Å². The highest BCUT2D eigenvalue weighted by Crippen LogP contribution is 2.42. The molecule has 2 aliphatic heterocycles. The van der Waals surface area contributed by atoms with Crippen molar-refractivity contribution in [1.82, 2.24) is 10.6 Å². The Morgan fingerprint density at radius 1 is 1.33 bits per heavy atom. The summed E-state index contributed by atoms with van der Waals surface area (Å²) in [5, 5.41) is 7.43. The lowest BCUT2D eigenvalue weighted by molar-refractivity contribution is -0.123. The number of thiophene rings is 1. The van der Waals surface area contributed by atoms with Gasteiger partial charge in [-0.05, 0) is 29.3 Å². The minimum absolute atomic E-state index is 0.216. The van der Waals surface area contributed by atoms with Crippen molar-refractivity contribution in [3.05, 3.63) is 51.4 Å². The van der Waals surface area contributed by atoms with Gasteiger partial charge in [0.05, 0.1) is 29.7 Å². The van der Waals surface area contributed by atoms with Crippen molar-refractivity contribution in [3.8, 4) is 0 Å². The first-order valence-corrected chi connectivity index (χ1v) is 11.1. The van der Waals surface area contributed by atoms with Crippen LogP contribution in [0.2, 0.25) is 5.02 Å². The molecule has 1 saturated heterocycles. The van der Waals surface area contributed by atoms with Gasteiger partial charge in [0, 0.05) is 37.7 Å². The summed E-state index contributed by atoms with van der Waals surface area (Å²) >= 11 is 7.55. The monoisotopic (exact) mass is 449 g/mol. The number of anilines is 1. The first kappa shape index (κ1) is 21.1. The van der Waals surface area contributed by atoms with Crippen LogP contribution >= 0.6 is 22.9 Å². The Kier molecular flexibility index (Phi) is 6.58. The maximum absolute atomic E-state index is 13.0. The Hall–Kier alpha value is -2.13. The fraction of sp³-hybridized carbons (Fsp3) is 0.429. The largest absolute Gasteiger partial charge is 0.383 e. The topological polar surface area (TPSA) is 79.9 Å². The zero-order valence-corrected chi connectivity index (χ0v) is 18.2. The van der Waals surface area contributed by atoms with E-state index < -0.39 is 6.04 Å². The lowest BCUT2D eigenvalue weighted by Gasteiger charge is -2.32. The molecular weight excluding hydrogens is 426 g/mol. The van der Waals surface area contributed by atoms with Gasteiger partial charge in [-0.25, -0.2) is 0 Å². The Labute approximate surface area is 184 Å². The number of fused-ring (bicyclic) bond motifs is 1. The van der Waals surface area contributed by atoms with Crippen LogP contribution in [0.3, 0.4) is 0 Å². The van der Waals surface area contributed by atoms with Crippen LogP contribution in [-0.2, 0) is 14.3 Å².